The van der Waals surface area contributed by atoms with Crippen molar-refractivity contribution in [1.29, 1.82) is 5.26 Å². The van der Waals surface area contributed by atoms with Crippen molar-refractivity contribution in [1.82, 2.24) is 19.7 Å². The molecule has 0 radical (unpaired) electrons. The minimum absolute atomic E-state index is 0.0376. The molecule has 0 saturated heterocycles. The number of nitrogens with zero attached hydrogens (tertiary/aromatic N) is 5. The van der Waals surface area contributed by atoms with Crippen molar-refractivity contribution in [2.45, 2.75) is 57.6 Å². The molecular formula is C24H26N6O2. The zero-order chi connectivity index (χ0) is 22.5. The molecule has 1 saturated carbocycles. The number of nitriles is 1. The van der Waals surface area contributed by atoms with E-state index in [2.05, 4.69) is 20.4 Å². The summed E-state index contributed by atoms with van der Waals surface area (Å²) in [7, 11) is 0. The fraction of sp³-hybridized carbons (Fsp3) is 0.375. The van der Waals surface area contributed by atoms with Gasteiger partial charge in [-0.05, 0) is 38.2 Å². The van der Waals surface area contributed by atoms with E-state index < -0.39 is 0 Å². The number of aryl methyl sites for hydroxylation is 1. The van der Waals surface area contributed by atoms with E-state index in [1.54, 1.807) is 24.5 Å². The van der Waals surface area contributed by atoms with Gasteiger partial charge in [0, 0.05) is 36.4 Å². The summed E-state index contributed by atoms with van der Waals surface area (Å²) in [5, 5.41) is 26.1. The molecule has 8 nitrogen and oxygen atoms in total. The number of ketones is 1. The van der Waals surface area contributed by atoms with E-state index in [1.165, 1.54) is 0 Å². The summed E-state index contributed by atoms with van der Waals surface area (Å²) in [6.07, 6.45) is 9.19. The summed E-state index contributed by atoms with van der Waals surface area (Å²) in [6.45, 7) is 1.95. The van der Waals surface area contributed by atoms with Crippen LogP contribution in [0.25, 0.3) is 11.3 Å². The van der Waals surface area contributed by atoms with Crippen LogP contribution in [0.1, 0.15) is 60.5 Å². The topological polar surface area (TPSA) is 117 Å². The van der Waals surface area contributed by atoms with Gasteiger partial charge in [0.15, 0.2) is 5.78 Å². The van der Waals surface area contributed by atoms with Gasteiger partial charge in [-0.3, -0.25) is 9.48 Å². The second-order valence-electron chi connectivity index (χ2n) is 8.18. The second kappa shape index (κ2) is 9.71. The normalized spacial score (nSPS) is 18.2. The molecule has 1 fully saturated rings. The standard InChI is InChI=1S/C24H26N6O2/c1-16-13-26-24(28-19-14-27-30(15-19)20-8-10-21(31)11-9-20)29-23(16)18-6-4-17(5-7-18)22(32)3-2-12-25/h4-7,13-15,20-21,31H,2-3,8-11H2,1H3,(H,26,28,29). The first-order valence-electron chi connectivity index (χ1n) is 10.9. The van der Waals surface area contributed by atoms with Crippen molar-refractivity contribution >= 4 is 17.4 Å². The molecule has 0 bridgehead atoms. The summed E-state index contributed by atoms with van der Waals surface area (Å²) in [4.78, 5) is 21.2. The molecule has 0 spiro atoms. The fourth-order valence-corrected chi connectivity index (χ4v) is 3.98. The lowest BCUT2D eigenvalue weighted by molar-refractivity contribution is 0.0984. The quantitative estimate of drug-likeness (QED) is 0.535. The van der Waals surface area contributed by atoms with Crippen LogP contribution in [-0.2, 0) is 0 Å². The monoisotopic (exact) mass is 430 g/mol. The van der Waals surface area contributed by atoms with Gasteiger partial charge in [0.25, 0.3) is 0 Å². The Morgan fingerprint density at radius 2 is 1.97 bits per heavy atom. The second-order valence-corrected chi connectivity index (χ2v) is 8.18. The zero-order valence-electron chi connectivity index (χ0n) is 18.0. The number of benzene rings is 1. The third-order valence-corrected chi connectivity index (χ3v) is 5.81. The van der Waals surface area contributed by atoms with Gasteiger partial charge in [0.2, 0.25) is 5.95 Å². The Kier molecular flexibility index (Phi) is 6.57. The smallest absolute Gasteiger partial charge is 0.227 e. The third kappa shape index (κ3) is 5.01. The highest BCUT2D eigenvalue weighted by Crippen LogP contribution is 2.29. The van der Waals surface area contributed by atoms with E-state index in [9.17, 15) is 9.90 Å². The number of aliphatic hydroxyl groups is 1. The van der Waals surface area contributed by atoms with Crippen molar-refractivity contribution in [2.24, 2.45) is 0 Å². The number of aliphatic hydroxyl groups excluding tert-OH is 1. The van der Waals surface area contributed by atoms with Crippen LogP contribution in [0, 0.1) is 18.3 Å². The minimum Gasteiger partial charge on any atom is -0.393 e. The maximum Gasteiger partial charge on any atom is 0.227 e. The van der Waals surface area contributed by atoms with Gasteiger partial charge in [0.1, 0.15) is 0 Å². The number of carbonyl (C=O) groups is 1. The van der Waals surface area contributed by atoms with E-state index in [4.69, 9.17) is 5.26 Å². The third-order valence-electron chi connectivity index (χ3n) is 5.81. The van der Waals surface area contributed by atoms with Gasteiger partial charge in [0.05, 0.1) is 35.8 Å². The molecule has 1 aliphatic rings. The molecule has 4 rings (SSSR count). The van der Waals surface area contributed by atoms with E-state index in [1.807, 2.05) is 36.0 Å². The lowest BCUT2D eigenvalue weighted by Gasteiger charge is -2.25. The number of nitrogens with one attached hydrogen (secondary N) is 1. The average Bonchev–Trinajstić information content (AvgIpc) is 3.28. The number of aromatic nitrogens is 4. The van der Waals surface area contributed by atoms with Crippen LogP contribution in [0.15, 0.2) is 42.9 Å². The number of carbonyl (C=O) groups excluding carboxylic acids is 1. The number of Topliss-reactive ketones (excluding diaryl/α,β-unsaturated/α-hetero) is 1. The predicted octanol–water partition coefficient (Wildman–Crippen LogP) is 4.35. The Labute approximate surface area is 186 Å². The minimum atomic E-state index is -0.191. The van der Waals surface area contributed by atoms with Crippen molar-refractivity contribution < 1.29 is 9.90 Å². The highest BCUT2D eigenvalue weighted by molar-refractivity contribution is 5.96. The van der Waals surface area contributed by atoms with Crippen LogP contribution >= 0.6 is 0 Å². The summed E-state index contributed by atoms with van der Waals surface area (Å²) in [5.74, 6) is 0.433. The van der Waals surface area contributed by atoms with Crippen molar-refractivity contribution in [3.05, 3.63) is 54.0 Å². The molecule has 0 unspecified atom stereocenters. The summed E-state index contributed by atoms with van der Waals surface area (Å²) in [6, 6.07) is 9.59. The van der Waals surface area contributed by atoms with Crippen LogP contribution in [0.5, 0.6) is 0 Å². The Morgan fingerprint density at radius 1 is 1.22 bits per heavy atom. The maximum atomic E-state index is 12.1. The molecule has 0 amide bonds. The van der Waals surface area contributed by atoms with Gasteiger partial charge in [-0.15, -0.1) is 0 Å². The Balaban J connectivity index is 1.47. The molecule has 0 atom stereocenters. The summed E-state index contributed by atoms with van der Waals surface area (Å²) >= 11 is 0. The number of anilines is 2. The first kappa shape index (κ1) is 21.7. The fourth-order valence-electron chi connectivity index (χ4n) is 3.98. The van der Waals surface area contributed by atoms with E-state index >= 15 is 0 Å². The lowest BCUT2D eigenvalue weighted by Crippen LogP contribution is -2.21. The largest absolute Gasteiger partial charge is 0.393 e. The molecule has 8 heteroatoms. The van der Waals surface area contributed by atoms with E-state index in [-0.39, 0.29) is 24.7 Å². The van der Waals surface area contributed by atoms with E-state index in [0.29, 0.717) is 17.6 Å². The van der Waals surface area contributed by atoms with Crippen LogP contribution in [0.3, 0.4) is 0 Å². The molecule has 32 heavy (non-hydrogen) atoms. The highest BCUT2D eigenvalue weighted by atomic mass is 16.3. The molecule has 3 aromatic rings. The molecule has 1 aromatic carbocycles. The molecule has 2 aromatic heterocycles. The predicted molar refractivity (Wildman–Crippen MR) is 120 cm³/mol. The zero-order valence-corrected chi connectivity index (χ0v) is 18.0. The van der Waals surface area contributed by atoms with Gasteiger partial charge in [-0.2, -0.15) is 10.4 Å². The van der Waals surface area contributed by atoms with Crippen LogP contribution < -0.4 is 5.32 Å². The van der Waals surface area contributed by atoms with Crippen LogP contribution in [0.4, 0.5) is 11.6 Å². The number of rotatable bonds is 7. The highest BCUT2D eigenvalue weighted by Gasteiger charge is 2.21. The Bertz CT molecular complexity index is 1120. The Hall–Kier alpha value is -3.57. The van der Waals surface area contributed by atoms with Gasteiger partial charge >= 0.3 is 0 Å². The van der Waals surface area contributed by atoms with Gasteiger partial charge < -0.3 is 10.4 Å². The molecular weight excluding hydrogens is 404 g/mol. The first-order chi connectivity index (χ1) is 15.5. The summed E-state index contributed by atoms with van der Waals surface area (Å²) in [5.41, 5.74) is 4.00. The van der Waals surface area contributed by atoms with Gasteiger partial charge in [-0.1, -0.05) is 24.3 Å². The first-order valence-corrected chi connectivity index (χ1v) is 10.9. The Morgan fingerprint density at radius 3 is 2.69 bits per heavy atom. The van der Waals surface area contributed by atoms with Crippen molar-refractivity contribution in [2.75, 3.05) is 5.32 Å². The molecule has 1 aliphatic carbocycles. The number of hydrogen-bond acceptors (Lipinski definition) is 7. The molecule has 2 N–H and O–H groups in total. The maximum absolute atomic E-state index is 12.1. The average molecular weight is 431 g/mol. The van der Waals surface area contributed by atoms with E-state index in [0.717, 1.165) is 48.2 Å². The van der Waals surface area contributed by atoms with Crippen LogP contribution in [-0.4, -0.2) is 36.7 Å². The summed E-state index contributed by atoms with van der Waals surface area (Å²) < 4.78 is 1.95. The SMILES string of the molecule is Cc1cnc(Nc2cnn(C3CCC(O)CC3)c2)nc1-c1ccc(C(=O)CCC#N)cc1. The van der Waals surface area contributed by atoms with Gasteiger partial charge in [-0.25, -0.2) is 9.97 Å². The number of hydrogen-bond donors (Lipinski definition) is 2. The van der Waals surface area contributed by atoms with Crippen LogP contribution in [0.2, 0.25) is 0 Å². The van der Waals surface area contributed by atoms with Crippen molar-refractivity contribution in [3.8, 4) is 17.3 Å². The molecule has 0 aliphatic heterocycles. The lowest BCUT2D eigenvalue weighted by atomic mass is 9.93. The molecule has 164 valence electrons. The molecule has 2 heterocycles. The van der Waals surface area contributed by atoms with Crippen molar-refractivity contribution in [3.63, 3.8) is 0 Å².